The maximum absolute atomic E-state index is 13.0. The minimum atomic E-state index is -0.825. The molecule has 3 amide bonds. The molecule has 8 heteroatoms. The van der Waals surface area contributed by atoms with Crippen molar-refractivity contribution in [3.05, 3.63) is 53.6 Å². The Labute approximate surface area is 175 Å². The zero-order valence-corrected chi connectivity index (χ0v) is 17.2. The average molecular weight is 411 g/mol. The number of anilines is 1. The van der Waals surface area contributed by atoms with Gasteiger partial charge < -0.3 is 14.6 Å². The summed E-state index contributed by atoms with van der Waals surface area (Å²) >= 11 is 0. The summed E-state index contributed by atoms with van der Waals surface area (Å²) in [6, 6.07) is 11.8. The van der Waals surface area contributed by atoms with E-state index in [0.29, 0.717) is 29.3 Å². The van der Waals surface area contributed by atoms with Gasteiger partial charge in [-0.15, -0.1) is 0 Å². The van der Waals surface area contributed by atoms with Crippen LogP contribution in [-0.4, -0.2) is 60.3 Å². The first-order chi connectivity index (χ1) is 14.5. The summed E-state index contributed by atoms with van der Waals surface area (Å²) in [7, 11) is 3.13. The third-order valence-corrected chi connectivity index (χ3v) is 5.68. The lowest BCUT2D eigenvalue weighted by Crippen LogP contribution is -2.45. The molecular formula is C22H25N3O5. The second-order valence-electron chi connectivity index (χ2n) is 7.46. The number of carbonyl (C=O) groups excluding carboxylic acids is 2. The number of hydrogen-bond acceptors (Lipinski definition) is 6. The lowest BCUT2D eigenvalue weighted by Gasteiger charge is -2.35. The number of nitrogens with zero attached hydrogens (tertiary/aromatic N) is 3. The number of hydrogen-bond donors (Lipinski definition) is 1. The van der Waals surface area contributed by atoms with Gasteiger partial charge in [0.25, 0.3) is 5.91 Å². The van der Waals surface area contributed by atoms with Gasteiger partial charge in [0, 0.05) is 29.9 Å². The van der Waals surface area contributed by atoms with Crippen LogP contribution in [0.3, 0.4) is 0 Å². The Morgan fingerprint density at radius 2 is 1.70 bits per heavy atom. The van der Waals surface area contributed by atoms with Crippen LogP contribution in [0.15, 0.2) is 42.5 Å². The van der Waals surface area contributed by atoms with Crippen LogP contribution in [0.5, 0.6) is 11.5 Å². The topological polar surface area (TPSA) is 82.6 Å². The maximum atomic E-state index is 13.0. The van der Waals surface area contributed by atoms with E-state index in [4.69, 9.17) is 9.47 Å². The predicted molar refractivity (Wildman–Crippen MR) is 110 cm³/mol. The second kappa shape index (κ2) is 7.97. The summed E-state index contributed by atoms with van der Waals surface area (Å²) in [4.78, 5) is 30.5. The van der Waals surface area contributed by atoms with Gasteiger partial charge in [-0.05, 0) is 31.2 Å². The Balaban J connectivity index is 1.59. The first-order valence-electron chi connectivity index (χ1n) is 9.80. The van der Waals surface area contributed by atoms with Gasteiger partial charge in [-0.2, -0.15) is 0 Å². The zero-order valence-electron chi connectivity index (χ0n) is 17.2. The van der Waals surface area contributed by atoms with Crippen molar-refractivity contribution in [2.24, 2.45) is 0 Å². The first kappa shape index (κ1) is 20.2. The summed E-state index contributed by atoms with van der Waals surface area (Å²) in [6.07, 6.45) is -0.825. The van der Waals surface area contributed by atoms with Gasteiger partial charge in [-0.1, -0.05) is 18.2 Å². The molecule has 30 heavy (non-hydrogen) atoms. The number of carbonyl (C=O) groups is 2. The molecule has 2 heterocycles. The van der Waals surface area contributed by atoms with Crippen LogP contribution in [0.2, 0.25) is 0 Å². The Morgan fingerprint density at radius 3 is 2.37 bits per heavy atom. The Kier molecular flexibility index (Phi) is 5.36. The van der Waals surface area contributed by atoms with Crippen molar-refractivity contribution in [2.45, 2.75) is 25.6 Å². The quantitative estimate of drug-likeness (QED) is 0.761. The van der Waals surface area contributed by atoms with E-state index < -0.39 is 12.1 Å². The molecule has 4 rings (SSSR count). The van der Waals surface area contributed by atoms with Gasteiger partial charge in [0.2, 0.25) is 0 Å². The number of ether oxygens (including phenoxy) is 2. The molecule has 0 spiro atoms. The van der Waals surface area contributed by atoms with Crippen molar-refractivity contribution >= 4 is 17.6 Å². The molecule has 0 unspecified atom stereocenters. The van der Waals surface area contributed by atoms with Crippen LogP contribution in [0.25, 0.3) is 0 Å². The number of para-hydroxylation sites is 1. The van der Waals surface area contributed by atoms with Crippen LogP contribution in [-0.2, 0) is 11.3 Å². The highest BCUT2D eigenvalue weighted by atomic mass is 16.5. The molecular weight excluding hydrogens is 386 g/mol. The molecule has 0 aliphatic carbocycles. The largest absolute Gasteiger partial charge is 0.496 e. The van der Waals surface area contributed by atoms with Crippen LogP contribution < -0.4 is 14.4 Å². The minimum absolute atomic E-state index is 0.0855. The van der Waals surface area contributed by atoms with E-state index in [1.54, 1.807) is 33.3 Å². The van der Waals surface area contributed by atoms with E-state index in [1.165, 1.54) is 9.80 Å². The fourth-order valence-electron chi connectivity index (χ4n) is 4.23. The lowest BCUT2D eigenvalue weighted by atomic mass is 9.95. The number of urea groups is 1. The number of fused-ring (bicyclic) bond motifs is 1. The van der Waals surface area contributed by atoms with Crippen molar-refractivity contribution < 1.29 is 24.2 Å². The van der Waals surface area contributed by atoms with E-state index in [9.17, 15) is 14.7 Å². The molecule has 1 N–H and O–H groups in total. The van der Waals surface area contributed by atoms with Gasteiger partial charge in [-0.3, -0.25) is 14.6 Å². The molecule has 1 fully saturated rings. The summed E-state index contributed by atoms with van der Waals surface area (Å²) in [6.45, 7) is 2.50. The molecule has 2 aromatic carbocycles. The Bertz CT molecular complexity index is 965. The van der Waals surface area contributed by atoms with E-state index in [-0.39, 0.29) is 25.2 Å². The summed E-state index contributed by atoms with van der Waals surface area (Å²) < 4.78 is 10.9. The maximum Gasteiger partial charge on any atom is 0.333 e. The van der Waals surface area contributed by atoms with E-state index in [0.717, 1.165) is 5.56 Å². The zero-order chi connectivity index (χ0) is 21.4. The Morgan fingerprint density at radius 1 is 1.03 bits per heavy atom. The fourth-order valence-corrected chi connectivity index (χ4v) is 4.23. The third-order valence-electron chi connectivity index (χ3n) is 5.68. The number of rotatable bonds is 5. The van der Waals surface area contributed by atoms with Crippen LogP contribution in [0.4, 0.5) is 10.5 Å². The van der Waals surface area contributed by atoms with Crippen LogP contribution >= 0.6 is 0 Å². The lowest BCUT2D eigenvalue weighted by molar-refractivity contribution is -0.128. The van der Waals surface area contributed by atoms with E-state index in [1.807, 2.05) is 35.2 Å². The second-order valence-corrected chi connectivity index (χ2v) is 7.46. The monoisotopic (exact) mass is 411 g/mol. The molecule has 0 bridgehead atoms. The molecule has 1 saturated heterocycles. The van der Waals surface area contributed by atoms with E-state index >= 15 is 0 Å². The predicted octanol–water partition coefficient (Wildman–Crippen LogP) is 2.37. The number of methoxy groups -OCH3 is 2. The molecule has 2 aromatic rings. The van der Waals surface area contributed by atoms with Crippen molar-refractivity contribution in [1.82, 2.24) is 9.80 Å². The van der Waals surface area contributed by atoms with Gasteiger partial charge >= 0.3 is 6.03 Å². The minimum Gasteiger partial charge on any atom is -0.496 e. The normalized spacial score (nSPS) is 21.7. The van der Waals surface area contributed by atoms with E-state index in [2.05, 4.69) is 0 Å². The molecule has 0 radical (unpaired) electrons. The highest BCUT2D eigenvalue weighted by Gasteiger charge is 2.44. The molecule has 158 valence electrons. The number of benzene rings is 2. The average Bonchev–Trinajstić information content (AvgIpc) is 2.96. The first-order valence-corrected chi connectivity index (χ1v) is 9.80. The van der Waals surface area contributed by atoms with Gasteiger partial charge in [0.05, 0.1) is 27.0 Å². The number of amides is 3. The summed E-state index contributed by atoms with van der Waals surface area (Å²) in [5, 5.41) is 10.8. The highest BCUT2D eigenvalue weighted by Crippen LogP contribution is 2.39. The molecule has 0 saturated carbocycles. The molecule has 8 nitrogen and oxygen atoms in total. The summed E-state index contributed by atoms with van der Waals surface area (Å²) in [5.41, 5.74) is 2.16. The molecule has 2 atom stereocenters. The van der Waals surface area contributed by atoms with Crippen LogP contribution in [0.1, 0.15) is 24.2 Å². The molecule has 2 aliphatic rings. The van der Waals surface area contributed by atoms with Crippen LogP contribution in [0, 0.1) is 0 Å². The smallest absolute Gasteiger partial charge is 0.333 e. The van der Waals surface area contributed by atoms with Gasteiger partial charge in [0.1, 0.15) is 17.5 Å². The number of aliphatic hydroxyl groups is 1. The fraction of sp³-hybridized carbons (Fsp3) is 0.364. The van der Waals surface area contributed by atoms with Crippen molar-refractivity contribution in [3.63, 3.8) is 0 Å². The SMILES string of the molecule is COc1ccc(OC)c2c1CN(CN1C(=O)[C@@H](C)N(c3ccccc3)C1=O)C[C@H]2O. The number of imide groups is 1. The third kappa shape index (κ3) is 3.28. The molecule has 0 aromatic heterocycles. The Hall–Kier alpha value is -3.10. The highest BCUT2D eigenvalue weighted by molar-refractivity contribution is 6.14. The standard InChI is InChI=1S/C22H25N3O5/c1-14-21(27)24(22(28)25(14)15-7-5-4-6-8-15)13-23-11-16-18(29-2)9-10-19(30-3)20(16)17(26)12-23/h4-10,14,17,26H,11-13H2,1-3H3/t14-,17-/m1/s1. The number of β-amino-alcohol motifs (C(OH)–C–C–N with tert-alkyl or cyclic N) is 1. The van der Waals surface area contributed by atoms with Crippen molar-refractivity contribution in [2.75, 3.05) is 32.3 Å². The van der Waals surface area contributed by atoms with Gasteiger partial charge in [-0.25, -0.2) is 9.69 Å². The van der Waals surface area contributed by atoms with Crippen molar-refractivity contribution in [3.8, 4) is 11.5 Å². The van der Waals surface area contributed by atoms with Gasteiger partial charge in [0.15, 0.2) is 0 Å². The molecule has 2 aliphatic heterocycles. The number of aliphatic hydroxyl groups excluding tert-OH is 1. The van der Waals surface area contributed by atoms with Crippen molar-refractivity contribution in [1.29, 1.82) is 0 Å². The summed E-state index contributed by atoms with van der Waals surface area (Å²) in [5.74, 6) is 0.963.